The number of nitrogens with zero attached hydrogens (tertiary/aromatic N) is 1. The Morgan fingerprint density at radius 1 is 1.71 bits per heavy atom. The average molecular weight is 302 g/mol. The second-order valence-electron chi connectivity index (χ2n) is 4.51. The predicted molar refractivity (Wildman–Crippen MR) is 66.7 cm³/mol. The second kappa shape index (κ2) is 5.23. The number of piperidine rings is 1. The summed E-state index contributed by atoms with van der Waals surface area (Å²) in [5.74, 6) is 0.276. The molecule has 0 spiro atoms. The van der Waals surface area contributed by atoms with Gasteiger partial charge in [-0.3, -0.25) is 4.79 Å². The summed E-state index contributed by atoms with van der Waals surface area (Å²) in [4.78, 5) is 14.0. The molecule has 0 saturated carbocycles. The molecule has 1 aromatic rings. The van der Waals surface area contributed by atoms with Crippen LogP contribution in [0.4, 0.5) is 0 Å². The van der Waals surface area contributed by atoms with Gasteiger partial charge in [-0.2, -0.15) is 0 Å². The van der Waals surface area contributed by atoms with Crippen molar-refractivity contribution in [2.75, 3.05) is 13.2 Å². The van der Waals surface area contributed by atoms with E-state index in [9.17, 15) is 9.90 Å². The third-order valence-electron chi connectivity index (χ3n) is 3.38. The highest BCUT2D eigenvalue weighted by atomic mass is 79.9. The summed E-state index contributed by atoms with van der Waals surface area (Å²) in [6, 6.07) is 1.58. The molecule has 4 nitrogen and oxygen atoms in total. The minimum atomic E-state index is -0.0788. The van der Waals surface area contributed by atoms with E-state index in [1.807, 2.05) is 0 Å². The van der Waals surface area contributed by atoms with Crippen molar-refractivity contribution in [2.45, 2.75) is 25.8 Å². The molecule has 1 aromatic heterocycles. The first-order valence-electron chi connectivity index (χ1n) is 5.79. The quantitative estimate of drug-likeness (QED) is 0.912. The van der Waals surface area contributed by atoms with Crippen LogP contribution >= 0.6 is 15.9 Å². The summed E-state index contributed by atoms with van der Waals surface area (Å²) >= 11 is 3.18. The number of furan rings is 1. The van der Waals surface area contributed by atoms with E-state index in [-0.39, 0.29) is 18.6 Å². The molecule has 2 unspecified atom stereocenters. The van der Waals surface area contributed by atoms with Crippen molar-refractivity contribution >= 4 is 21.8 Å². The monoisotopic (exact) mass is 301 g/mol. The molecule has 2 atom stereocenters. The lowest BCUT2D eigenvalue weighted by Crippen LogP contribution is -2.49. The first kappa shape index (κ1) is 12.6. The number of hydrogen-bond acceptors (Lipinski definition) is 3. The smallest absolute Gasteiger partial charge is 0.257 e. The van der Waals surface area contributed by atoms with Crippen LogP contribution in [0.3, 0.4) is 0 Å². The molecule has 1 amide bonds. The minimum absolute atomic E-state index is 0.0198. The fourth-order valence-corrected chi connectivity index (χ4v) is 2.71. The van der Waals surface area contributed by atoms with E-state index in [0.29, 0.717) is 22.7 Å². The number of amides is 1. The molecule has 1 saturated heterocycles. The number of carbonyl (C=O) groups is 1. The molecule has 2 heterocycles. The van der Waals surface area contributed by atoms with Crippen LogP contribution < -0.4 is 0 Å². The van der Waals surface area contributed by atoms with E-state index in [1.165, 1.54) is 6.26 Å². The number of aliphatic hydroxyl groups excluding tert-OH is 1. The number of likely N-dealkylation sites (tertiary alicyclic amines) is 1. The Bertz CT molecular complexity index is 404. The Kier molecular flexibility index (Phi) is 3.89. The van der Waals surface area contributed by atoms with Crippen molar-refractivity contribution in [3.63, 3.8) is 0 Å². The van der Waals surface area contributed by atoms with Crippen molar-refractivity contribution in [1.82, 2.24) is 4.90 Å². The predicted octanol–water partition coefficient (Wildman–Crippen LogP) is 2.28. The van der Waals surface area contributed by atoms with Crippen LogP contribution in [0.1, 0.15) is 30.1 Å². The molecule has 1 N–H and O–H groups in total. The summed E-state index contributed by atoms with van der Waals surface area (Å²) < 4.78 is 5.63. The van der Waals surface area contributed by atoms with Gasteiger partial charge in [0, 0.05) is 12.6 Å². The highest BCUT2D eigenvalue weighted by molar-refractivity contribution is 9.10. The Labute approximate surface area is 109 Å². The first-order chi connectivity index (χ1) is 8.13. The van der Waals surface area contributed by atoms with Gasteiger partial charge in [0.1, 0.15) is 6.26 Å². The summed E-state index contributed by atoms with van der Waals surface area (Å²) in [6.45, 7) is 2.80. The fourth-order valence-electron chi connectivity index (χ4n) is 2.37. The normalized spacial score (nSPS) is 25.0. The first-order valence-corrected chi connectivity index (χ1v) is 6.58. The van der Waals surface area contributed by atoms with Crippen molar-refractivity contribution < 1.29 is 14.3 Å². The largest absolute Gasteiger partial charge is 0.457 e. The lowest BCUT2D eigenvalue weighted by Gasteiger charge is -2.38. The van der Waals surface area contributed by atoms with Crippen LogP contribution in [0.5, 0.6) is 0 Å². The highest BCUT2D eigenvalue weighted by Gasteiger charge is 2.32. The van der Waals surface area contributed by atoms with Crippen molar-refractivity contribution in [3.05, 3.63) is 22.6 Å². The Morgan fingerprint density at radius 3 is 3.06 bits per heavy atom. The SMILES string of the molecule is CC1CCCN(C(=O)c2coc(Br)c2)C1CO. The zero-order valence-electron chi connectivity index (χ0n) is 9.73. The minimum Gasteiger partial charge on any atom is -0.457 e. The van der Waals surface area contributed by atoms with Gasteiger partial charge in [0.25, 0.3) is 5.91 Å². The van der Waals surface area contributed by atoms with Crippen LogP contribution in [-0.2, 0) is 0 Å². The second-order valence-corrected chi connectivity index (χ2v) is 5.29. The van der Waals surface area contributed by atoms with Gasteiger partial charge in [-0.15, -0.1) is 0 Å². The van der Waals surface area contributed by atoms with Gasteiger partial charge in [0.2, 0.25) is 0 Å². The Morgan fingerprint density at radius 2 is 2.47 bits per heavy atom. The summed E-state index contributed by atoms with van der Waals surface area (Å²) in [5, 5.41) is 9.41. The van der Waals surface area contributed by atoms with Gasteiger partial charge in [0.05, 0.1) is 18.2 Å². The van der Waals surface area contributed by atoms with Crippen molar-refractivity contribution in [1.29, 1.82) is 0 Å². The topological polar surface area (TPSA) is 53.7 Å². The van der Waals surface area contributed by atoms with Gasteiger partial charge in [0.15, 0.2) is 4.67 Å². The van der Waals surface area contributed by atoms with Crippen LogP contribution in [0.2, 0.25) is 0 Å². The molecule has 0 aliphatic carbocycles. The number of rotatable bonds is 2. The molecule has 1 fully saturated rings. The third-order valence-corrected chi connectivity index (χ3v) is 3.79. The number of carbonyl (C=O) groups excluding carboxylic acids is 1. The molecule has 1 aliphatic heterocycles. The third kappa shape index (κ3) is 2.55. The maximum atomic E-state index is 12.3. The van der Waals surface area contributed by atoms with Gasteiger partial charge in [-0.1, -0.05) is 6.92 Å². The molecule has 0 bridgehead atoms. The standard InChI is InChI=1S/C12H16BrNO3/c1-8-3-2-4-14(10(8)6-15)12(16)9-5-11(13)17-7-9/h5,7-8,10,15H,2-4,6H2,1H3. The molecule has 17 heavy (non-hydrogen) atoms. The van der Waals surface area contributed by atoms with Gasteiger partial charge >= 0.3 is 0 Å². The van der Waals surface area contributed by atoms with E-state index in [1.54, 1.807) is 11.0 Å². The van der Waals surface area contributed by atoms with Crippen LogP contribution in [-0.4, -0.2) is 35.1 Å². The maximum Gasteiger partial charge on any atom is 0.257 e. The lowest BCUT2D eigenvalue weighted by molar-refractivity contribution is 0.0358. The van der Waals surface area contributed by atoms with Crippen LogP contribution in [0, 0.1) is 5.92 Å². The Balaban J connectivity index is 2.17. The zero-order chi connectivity index (χ0) is 12.4. The van der Waals surface area contributed by atoms with Crippen molar-refractivity contribution in [2.24, 2.45) is 5.92 Å². The van der Waals surface area contributed by atoms with E-state index in [2.05, 4.69) is 22.9 Å². The van der Waals surface area contributed by atoms with E-state index in [4.69, 9.17) is 4.42 Å². The Hall–Kier alpha value is -0.810. The fraction of sp³-hybridized carbons (Fsp3) is 0.583. The van der Waals surface area contributed by atoms with E-state index in [0.717, 1.165) is 12.8 Å². The average Bonchev–Trinajstić information content (AvgIpc) is 2.74. The highest BCUT2D eigenvalue weighted by Crippen LogP contribution is 2.25. The molecule has 5 heteroatoms. The van der Waals surface area contributed by atoms with Gasteiger partial charge < -0.3 is 14.4 Å². The molecule has 0 radical (unpaired) electrons. The lowest BCUT2D eigenvalue weighted by atomic mass is 9.91. The maximum absolute atomic E-state index is 12.3. The zero-order valence-corrected chi connectivity index (χ0v) is 11.3. The summed E-state index contributed by atoms with van der Waals surface area (Å²) in [6.07, 6.45) is 3.49. The number of halogens is 1. The molecule has 1 aliphatic rings. The molecule has 2 rings (SSSR count). The van der Waals surface area contributed by atoms with Gasteiger partial charge in [-0.05, 0) is 34.7 Å². The number of aliphatic hydroxyl groups is 1. The summed E-state index contributed by atoms with van der Waals surface area (Å²) in [5.41, 5.74) is 0.532. The molecular formula is C12H16BrNO3. The summed E-state index contributed by atoms with van der Waals surface area (Å²) in [7, 11) is 0. The van der Waals surface area contributed by atoms with Crippen molar-refractivity contribution in [3.8, 4) is 0 Å². The van der Waals surface area contributed by atoms with Crippen LogP contribution in [0.25, 0.3) is 0 Å². The van der Waals surface area contributed by atoms with E-state index < -0.39 is 0 Å². The molecular weight excluding hydrogens is 286 g/mol. The van der Waals surface area contributed by atoms with E-state index >= 15 is 0 Å². The van der Waals surface area contributed by atoms with Gasteiger partial charge in [-0.25, -0.2) is 0 Å². The molecule has 94 valence electrons. The molecule has 0 aromatic carbocycles. The van der Waals surface area contributed by atoms with Crippen LogP contribution in [0.15, 0.2) is 21.4 Å². The number of hydrogen-bond donors (Lipinski definition) is 1.